The molecular formula is C18H27BrN2O2. The lowest BCUT2D eigenvalue weighted by Gasteiger charge is -2.23. The normalized spacial score (nSPS) is 11.7. The molecule has 0 radical (unpaired) electrons. The van der Waals surface area contributed by atoms with E-state index in [0.29, 0.717) is 15.6 Å². The van der Waals surface area contributed by atoms with Gasteiger partial charge in [-0.2, -0.15) is 0 Å². The molecule has 0 spiro atoms. The number of carbonyl (C=O) groups excluding carboxylic acids is 2. The zero-order chi connectivity index (χ0) is 17.9. The van der Waals surface area contributed by atoms with Gasteiger partial charge in [-0.3, -0.25) is 9.59 Å². The zero-order valence-electron chi connectivity index (χ0n) is 15.0. The highest BCUT2D eigenvalue weighted by Crippen LogP contribution is 2.30. The maximum atomic E-state index is 12.5. The summed E-state index contributed by atoms with van der Waals surface area (Å²) >= 11 is 3.44. The fraction of sp³-hybridized carbons (Fsp3) is 0.556. The Morgan fingerprint density at radius 2 is 1.26 bits per heavy atom. The van der Waals surface area contributed by atoms with E-state index in [1.165, 1.54) is 0 Å². The molecule has 0 unspecified atom stereocenters. The van der Waals surface area contributed by atoms with Crippen LogP contribution in [-0.2, 0) is 5.41 Å². The highest BCUT2D eigenvalue weighted by atomic mass is 79.9. The van der Waals surface area contributed by atoms with E-state index < -0.39 is 0 Å². The number of hydrogen-bond acceptors (Lipinski definition) is 2. The Hall–Kier alpha value is -1.36. The molecule has 1 aromatic carbocycles. The van der Waals surface area contributed by atoms with E-state index >= 15 is 0 Å². The Labute approximate surface area is 147 Å². The molecule has 0 aromatic heterocycles. The molecule has 0 saturated heterocycles. The van der Waals surface area contributed by atoms with Crippen LogP contribution in [0.4, 0.5) is 0 Å². The fourth-order valence-electron chi connectivity index (χ4n) is 2.07. The molecule has 0 saturated carbocycles. The molecule has 2 N–H and O–H groups in total. The topological polar surface area (TPSA) is 58.2 Å². The Bertz CT molecular complexity index is 559. The van der Waals surface area contributed by atoms with Crippen LogP contribution in [0.2, 0.25) is 0 Å². The maximum absolute atomic E-state index is 12.5. The maximum Gasteiger partial charge on any atom is 0.252 e. The van der Waals surface area contributed by atoms with Gasteiger partial charge in [-0.15, -0.1) is 0 Å². The standard InChI is InChI=1S/C18H27BrN2O2/c1-10(2)20-16(22)13-8-12(18(5,6)7)9-14(15(13)19)17(23)21-11(3)4/h8-11H,1-7H3,(H,20,22)(H,21,23). The Balaban J connectivity index is 3.45. The molecule has 0 atom stereocenters. The minimum Gasteiger partial charge on any atom is -0.350 e. The molecule has 2 amide bonds. The van der Waals surface area contributed by atoms with Crippen LogP contribution in [-0.4, -0.2) is 23.9 Å². The van der Waals surface area contributed by atoms with Crippen molar-refractivity contribution in [1.29, 1.82) is 0 Å². The molecule has 5 heteroatoms. The first-order valence-corrected chi connectivity index (χ1v) is 8.68. The minimum absolute atomic E-state index is 0.0284. The van der Waals surface area contributed by atoms with Gasteiger partial charge >= 0.3 is 0 Å². The summed E-state index contributed by atoms with van der Waals surface area (Å²) in [5.74, 6) is -0.367. The van der Waals surface area contributed by atoms with Gasteiger partial charge in [-0.25, -0.2) is 0 Å². The van der Waals surface area contributed by atoms with Gasteiger partial charge < -0.3 is 10.6 Å². The van der Waals surface area contributed by atoms with Gasteiger partial charge in [0.2, 0.25) is 0 Å². The molecule has 1 rings (SSSR count). The van der Waals surface area contributed by atoms with E-state index in [4.69, 9.17) is 0 Å². The average Bonchev–Trinajstić information content (AvgIpc) is 2.35. The van der Waals surface area contributed by atoms with Gasteiger partial charge in [-0.05, 0) is 66.7 Å². The zero-order valence-corrected chi connectivity index (χ0v) is 16.6. The quantitative estimate of drug-likeness (QED) is 0.825. The van der Waals surface area contributed by atoms with Crippen molar-refractivity contribution < 1.29 is 9.59 Å². The van der Waals surface area contributed by atoms with Crippen molar-refractivity contribution in [3.05, 3.63) is 33.3 Å². The van der Waals surface area contributed by atoms with Crippen molar-refractivity contribution in [3.63, 3.8) is 0 Å². The second-order valence-corrected chi connectivity index (χ2v) is 8.18. The fourth-order valence-corrected chi connectivity index (χ4v) is 2.66. The Morgan fingerprint density at radius 1 is 0.913 bits per heavy atom. The molecular weight excluding hydrogens is 356 g/mol. The highest BCUT2D eigenvalue weighted by Gasteiger charge is 2.24. The number of benzene rings is 1. The SMILES string of the molecule is CC(C)NC(=O)c1cc(C(C)(C)C)cc(C(=O)NC(C)C)c1Br. The summed E-state index contributed by atoms with van der Waals surface area (Å²) in [5, 5.41) is 5.77. The van der Waals surface area contributed by atoms with Crippen molar-refractivity contribution in [2.75, 3.05) is 0 Å². The third kappa shape index (κ3) is 5.34. The van der Waals surface area contributed by atoms with E-state index in [1.807, 2.05) is 39.8 Å². The van der Waals surface area contributed by atoms with Crippen LogP contribution >= 0.6 is 15.9 Å². The summed E-state index contributed by atoms with van der Waals surface area (Å²) in [6, 6.07) is 3.77. The molecule has 0 aliphatic rings. The highest BCUT2D eigenvalue weighted by molar-refractivity contribution is 9.10. The first-order chi connectivity index (χ1) is 10.4. The molecule has 1 aromatic rings. The van der Waals surface area contributed by atoms with E-state index in [-0.39, 0.29) is 29.3 Å². The summed E-state index contributed by atoms with van der Waals surface area (Å²) in [5.41, 5.74) is 1.75. The minimum atomic E-state index is -0.184. The van der Waals surface area contributed by atoms with Gasteiger partial charge in [-0.1, -0.05) is 20.8 Å². The van der Waals surface area contributed by atoms with Crippen molar-refractivity contribution in [3.8, 4) is 0 Å². The van der Waals surface area contributed by atoms with Crippen molar-refractivity contribution >= 4 is 27.7 Å². The van der Waals surface area contributed by atoms with Gasteiger partial charge in [0.1, 0.15) is 0 Å². The lowest BCUT2D eigenvalue weighted by molar-refractivity contribution is 0.0942. The monoisotopic (exact) mass is 382 g/mol. The Kier molecular flexibility index (Phi) is 6.40. The summed E-state index contributed by atoms with van der Waals surface area (Å²) in [4.78, 5) is 25.0. The van der Waals surface area contributed by atoms with Crippen LogP contribution in [0, 0.1) is 0 Å². The summed E-state index contributed by atoms with van der Waals surface area (Å²) < 4.78 is 0.529. The predicted molar refractivity (Wildman–Crippen MR) is 98.0 cm³/mol. The van der Waals surface area contributed by atoms with E-state index in [1.54, 1.807) is 0 Å². The third-order valence-corrected chi connectivity index (χ3v) is 4.12. The largest absolute Gasteiger partial charge is 0.350 e. The second-order valence-electron chi connectivity index (χ2n) is 7.39. The first kappa shape index (κ1) is 19.7. The lowest BCUT2D eigenvalue weighted by Crippen LogP contribution is -2.33. The van der Waals surface area contributed by atoms with E-state index in [2.05, 4.69) is 47.3 Å². The Morgan fingerprint density at radius 3 is 1.52 bits per heavy atom. The summed E-state index contributed by atoms with van der Waals surface area (Å²) in [6.07, 6.45) is 0. The van der Waals surface area contributed by atoms with Crippen LogP contribution in [0.1, 0.15) is 74.7 Å². The summed E-state index contributed by atoms with van der Waals surface area (Å²) in [6.45, 7) is 13.8. The smallest absolute Gasteiger partial charge is 0.252 e. The van der Waals surface area contributed by atoms with Gasteiger partial charge in [0.05, 0.1) is 11.1 Å². The van der Waals surface area contributed by atoms with Gasteiger partial charge in [0.25, 0.3) is 11.8 Å². The van der Waals surface area contributed by atoms with E-state index in [9.17, 15) is 9.59 Å². The molecule has 0 bridgehead atoms. The van der Waals surface area contributed by atoms with Crippen molar-refractivity contribution in [1.82, 2.24) is 10.6 Å². The number of halogens is 1. The number of carbonyl (C=O) groups is 2. The van der Waals surface area contributed by atoms with Crippen LogP contribution in [0.3, 0.4) is 0 Å². The molecule has 4 nitrogen and oxygen atoms in total. The molecule has 0 aliphatic heterocycles. The average molecular weight is 383 g/mol. The molecule has 0 heterocycles. The van der Waals surface area contributed by atoms with Crippen molar-refractivity contribution in [2.45, 2.75) is 66.0 Å². The number of amides is 2. The molecule has 23 heavy (non-hydrogen) atoms. The third-order valence-electron chi connectivity index (χ3n) is 3.27. The number of hydrogen-bond donors (Lipinski definition) is 2. The van der Waals surface area contributed by atoms with Gasteiger partial charge in [0, 0.05) is 16.6 Å². The van der Waals surface area contributed by atoms with Crippen molar-refractivity contribution in [2.24, 2.45) is 0 Å². The number of rotatable bonds is 4. The predicted octanol–water partition coefficient (Wildman–Crippen LogP) is 4.02. The second kappa shape index (κ2) is 7.47. The van der Waals surface area contributed by atoms with Crippen LogP contribution in [0.15, 0.2) is 16.6 Å². The van der Waals surface area contributed by atoms with Crippen LogP contribution in [0.5, 0.6) is 0 Å². The number of nitrogens with one attached hydrogen (secondary N) is 2. The molecule has 128 valence electrons. The van der Waals surface area contributed by atoms with Crippen LogP contribution in [0.25, 0.3) is 0 Å². The van der Waals surface area contributed by atoms with Gasteiger partial charge in [0.15, 0.2) is 0 Å². The van der Waals surface area contributed by atoms with Crippen LogP contribution < -0.4 is 10.6 Å². The summed E-state index contributed by atoms with van der Waals surface area (Å²) in [7, 11) is 0. The molecule has 0 fully saturated rings. The molecule has 0 aliphatic carbocycles. The lowest BCUT2D eigenvalue weighted by atomic mass is 9.84. The van der Waals surface area contributed by atoms with E-state index in [0.717, 1.165) is 5.56 Å². The first-order valence-electron chi connectivity index (χ1n) is 7.89.